The molecular formula is C10H26ClN3. The third kappa shape index (κ3) is 7.56. The second kappa shape index (κ2) is 11.2. The summed E-state index contributed by atoms with van der Waals surface area (Å²) >= 11 is 0. The molecule has 0 aromatic rings. The van der Waals surface area contributed by atoms with E-state index in [9.17, 15) is 0 Å². The minimum Gasteiger partial charge on any atom is -0.331 e. The zero-order valence-electron chi connectivity index (χ0n) is 9.68. The highest BCUT2D eigenvalue weighted by molar-refractivity contribution is 5.85. The summed E-state index contributed by atoms with van der Waals surface area (Å²) < 4.78 is 0. The van der Waals surface area contributed by atoms with Gasteiger partial charge in [0.25, 0.3) is 0 Å². The van der Waals surface area contributed by atoms with Crippen LogP contribution in [-0.2, 0) is 0 Å². The van der Waals surface area contributed by atoms with Gasteiger partial charge < -0.3 is 16.4 Å². The van der Waals surface area contributed by atoms with Crippen molar-refractivity contribution >= 4 is 12.4 Å². The Morgan fingerprint density at radius 2 is 2.00 bits per heavy atom. The van der Waals surface area contributed by atoms with Gasteiger partial charge in [-0.2, -0.15) is 0 Å². The van der Waals surface area contributed by atoms with Gasteiger partial charge in [-0.15, -0.1) is 12.4 Å². The summed E-state index contributed by atoms with van der Waals surface area (Å²) in [6, 6.07) is 0.756. The van der Waals surface area contributed by atoms with Gasteiger partial charge in [0.15, 0.2) is 0 Å². The van der Waals surface area contributed by atoms with E-state index in [-0.39, 0.29) is 12.4 Å². The predicted molar refractivity (Wildman–Crippen MR) is 66.1 cm³/mol. The van der Waals surface area contributed by atoms with Crippen LogP contribution in [0.3, 0.4) is 0 Å². The van der Waals surface area contributed by atoms with Crippen molar-refractivity contribution in [3.05, 3.63) is 0 Å². The van der Waals surface area contributed by atoms with Crippen LogP contribution in [0, 0.1) is 5.92 Å². The number of hydrogen-bond acceptors (Lipinski definition) is 3. The van der Waals surface area contributed by atoms with Crippen molar-refractivity contribution in [3.63, 3.8) is 0 Å². The van der Waals surface area contributed by atoms with Gasteiger partial charge in [-0.05, 0) is 38.5 Å². The normalized spacial score (nSPS) is 25.7. The van der Waals surface area contributed by atoms with Gasteiger partial charge in [-0.25, -0.2) is 0 Å². The number of nitrogens with two attached hydrogens (primary N) is 1. The van der Waals surface area contributed by atoms with Crippen molar-refractivity contribution in [2.75, 3.05) is 26.2 Å². The standard InChI is InChI=1S/C8H18N2.C2H7N.ClH/c1-3-10-8-4-5-9-6-7(8)2;1-2-3;/h7-10H,3-6H2,1-2H3;2-3H2,1H3;1H. The van der Waals surface area contributed by atoms with Crippen LogP contribution >= 0.6 is 12.4 Å². The van der Waals surface area contributed by atoms with Gasteiger partial charge in [0.2, 0.25) is 0 Å². The molecule has 1 rings (SSSR count). The van der Waals surface area contributed by atoms with Crippen molar-refractivity contribution in [1.82, 2.24) is 10.6 Å². The van der Waals surface area contributed by atoms with Crippen molar-refractivity contribution < 1.29 is 0 Å². The van der Waals surface area contributed by atoms with Gasteiger partial charge in [-0.3, -0.25) is 0 Å². The summed E-state index contributed by atoms with van der Waals surface area (Å²) in [5.74, 6) is 0.800. The van der Waals surface area contributed by atoms with Crippen LogP contribution in [0.2, 0.25) is 0 Å². The number of nitrogens with one attached hydrogen (secondary N) is 2. The van der Waals surface area contributed by atoms with E-state index in [0.29, 0.717) is 0 Å². The van der Waals surface area contributed by atoms with E-state index < -0.39 is 0 Å². The predicted octanol–water partition coefficient (Wildman–Crippen LogP) is 0.981. The molecular weight excluding hydrogens is 198 g/mol. The zero-order chi connectivity index (χ0) is 10.1. The maximum atomic E-state index is 4.85. The lowest BCUT2D eigenvalue weighted by Gasteiger charge is -2.29. The Kier molecular flexibility index (Phi) is 13.3. The van der Waals surface area contributed by atoms with Gasteiger partial charge in [-0.1, -0.05) is 20.8 Å². The quantitative estimate of drug-likeness (QED) is 0.654. The summed E-state index contributed by atoms with van der Waals surface area (Å²) in [7, 11) is 0. The Hall–Kier alpha value is 0.170. The topological polar surface area (TPSA) is 50.1 Å². The smallest absolute Gasteiger partial charge is 0.0117 e. The van der Waals surface area contributed by atoms with E-state index in [1.165, 1.54) is 19.5 Å². The first-order chi connectivity index (χ1) is 6.26. The first-order valence-corrected chi connectivity index (χ1v) is 5.40. The Labute approximate surface area is 94.6 Å². The molecule has 0 aliphatic carbocycles. The second-order valence-electron chi connectivity index (χ2n) is 3.54. The van der Waals surface area contributed by atoms with E-state index in [1.807, 2.05) is 6.92 Å². The first-order valence-electron chi connectivity index (χ1n) is 5.40. The van der Waals surface area contributed by atoms with Crippen molar-refractivity contribution in [1.29, 1.82) is 0 Å². The maximum Gasteiger partial charge on any atom is 0.0117 e. The largest absolute Gasteiger partial charge is 0.331 e. The molecule has 1 saturated heterocycles. The maximum absolute atomic E-state index is 4.85. The number of piperidine rings is 1. The van der Waals surface area contributed by atoms with Crippen molar-refractivity contribution in [2.24, 2.45) is 11.7 Å². The summed E-state index contributed by atoms with van der Waals surface area (Å²) in [6.45, 7) is 10.6. The molecule has 4 heteroatoms. The van der Waals surface area contributed by atoms with Crippen molar-refractivity contribution in [2.45, 2.75) is 33.2 Å². The molecule has 88 valence electrons. The molecule has 2 unspecified atom stereocenters. The third-order valence-corrected chi connectivity index (χ3v) is 2.25. The summed E-state index contributed by atoms with van der Waals surface area (Å²) in [6.07, 6.45) is 1.29. The number of hydrogen-bond donors (Lipinski definition) is 3. The molecule has 0 spiro atoms. The van der Waals surface area contributed by atoms with E-state index in [4.69, 9.17) is 5.73 Å². The Bertz CT molecular complexity index is 110. The van der Waals surface area contributed by atoms with Crippen LogP contribution in [0.25, 0.3) is 0 Å². The highest BCUT2D eigenvalue weighted by Crippen LogP contribution is 2.09. The van der Waals surface area contributed by atoms with Crippen LogP contribution in [0.5, 0.6) is 0 Å². The van der Waals surface area contributed by atoms with Crippen LogP contribution in [0.1, 0.15) is 27.2 Å². The van der Waals surface area contributed by atoms with Gasteiger partial charge in [0.1, 0.15) is 0 Å². The zero-order valence-corrected chi connectivity index (χ0v) is 10.5. The molecule has 2 atom stereocenters. The third-order valence-electron chi connectivity index (χ3n) is 2.25. The molecule has 1 fully saturated rings. The molecule has 1 aliphatic rings. The summed E-state index contributed by atoms with van der Waals surface area (Å²) in [5.41, 5.74) is 4.85. The number of halogens is 1. The van der Waals surface area contributed by atoms with Crippen LogP contribution < -0.4 is 16.4 Å². The lowest BCUT2D eigenvalue weighted by Crippen LogP contribution is -2.46. The van der Waals surface area contributed by atoms with Crippen molar-refractivity contribution in [3.8, 4) is 0 Å². The molecule has 4 N–H and O–H groups in total. The fourth-order valence-electron chi connectivity index (χ4n) is 1.58. The lowest BCUT2D eigenvalue weighted by molar-refractivity contribution is 0.301. The summed E-state index contributed by atoms with van der Waals surface area (Å²) in [5, 5.41) is 6.88. The molecule has 3 nitrogen and oxygen atoms in total. The molecule has 0 saturated carbocycles. The molecule has 14 heavy (non-hydrogen) atoms. The van der Waals surface area contributed by atoms with Crippen LogP contribution in [-0.4, -0.2) is 32.2 Å². The molecule has 0 bridgehead atoms. The molecule has 0 aromatic heterocycles. The van der Waals surface area contributed by atoms with E-state index in [2.05, 4.69) is 24.5 Å². The molecule has 0 radical (unpaired) electrons. The van der Waals surface area contributed by atoms with Gasteiger partial charge in [0, 0.05) is 6.04 Å². The van der Waals surface area contributed by atoms with E-state index in [1.54, 1.807) is 0 Å². The van der Waals surface area contributed by atoms with E-state index >= 15 is 0 Å². The second-order valence-corrected chi connectivity index (χ2v) is 3.54. The minimum absolute atomic E-state index is 0. The van der Waals surface area contributed by atoms with Gasteiger partial charge >= 0.3 is 0 Å². The highest BCUT2D eigenvalue weighted by Gasteiger charge is 2.18. The fraction of sp³-hybridized carbons (Fsp3) is 1.00. The van der Waals surface area contributed by atoms with E-state index in [0.717, 1.165) is 25.0 Å². The molecule has 0 amide bonds. The fourth-order valence-corrected chi connectivity index (χ4v) is 1.58. The average Bonchev–Trinajstić information content (AvgIpc) is 2.11. The van der Waals surface area contributed by atoms with Crippen LogP contribution in [0.4, 0.5) is 0 Å². The molecule has 1 aliphatic heterocycles. The average molecular weight is 224 g/mol. The molecule has 1 heterocycles. The summed E-state index contributed by atoms with van der Waals surface area (Å²) in [4.78, 5) is 0. The number of rotatable bonds is 2. The molecule has 0 aromatic carbocycles. The minimum atomic E-state index is 0. The first kappa shape index (κ1) is 16.6. The van der Waals surface area contributed by atoms with Crippen LogP contribution in [0.15, 0.2) is 0 Å². The SMILES string of the molecule is CCN.CCNC1CCNCC1C.Cl. The van der Waals surface area contributed by atoms with Gasteiger partial charge in [0.05, 0.1) is 0 Å². The Morgan fingerprint density at radius 3 is 2.43 bits per heavy atom. The Morgan fingerprint density at radius 1 is 1.43 bits per heavy atom. The lowest BCUT2D eigenvalue weighted by atomic mass is 9.95. The Balaban J connectivity index is 0. The monoisotopic (exact) mass is 223 g/mol. The highest BCUT2D eigenvalue weighted by atomic mass is 35.5.